The molecule has 13 nitrogen and oxygen atoms in total. The molecule has 0 unspecified atom stereocenters. The molecule has 0 atom stereocenters. The van der Waals surface area contributed by atoms with E-state index in [2.05, 4.69) is 0 Å². The normalized spacial score (nSPS) is 11.2. The zero-order valence-electron chi connectivity index (χ0n) is 20.4. The highest BCUT2D eigenvalue weighted by atomic mass is 16.7. The van der Waals surface area contributed by atoms with Crippen molar-refractivity contribution in [2.75, 3.05) is 106 Å². The van der Waals surface area contributed by atoms with E-state index in [9.17, 15) is 15.0 Å². The molecule has 0 bridgehead atoms. The van der Waals surface area contributed by atoms with Crippen molar-refractivity contribution in [3.8, 4) is 11.8 Å². The molecule has 1 rings (SSSR count). The van der Waals surface area contributed by atoms with Crippen LogP contribution in [0.3, 0.4) is 0 Å². The average Bonchev–Trinajstić information content (AvgIpc) is 3.16. The quantitative estimate of drug-likeness (QED) is 0.171. The van der Waals surface area contributed by atoms with Crippen molar-refractivity contribution in [3.05, 3.63) is 12.1 Å². The van der Waals surface area contributed by atoms with Crippen LogP contribution in [0, 0.1) is 0 Å². The molecule has 0 fully saturated rings. The summed E-state index contributed by atoms with van der Waals surface area (Å²) in [6.45, 7) is 6.79. The fraction of sp³-hybridized carbons (Fsp3) is 0.773. The minimum absolute atomic E-state index is 0.0376. The number of aromatic nitrogens is 1. The van der Waals surface area contributed by atoms with E-state index in [0.717, 1.165) is 0 Å². The molecule has 1 aromatic heterocycles. The van der Waals surface area contributed by atoms with Gasteiger partial charge in [-0.15, -0.1) is 4.73 Å². The van der Waals surface area contributed by atoms with Gasteiger partial charge in [-0.2, -0.15) is 0 Å². The van der Waals surface area contributed by atoms with E-state index < -0.39 is 5.97 Å². The van der Waals surface area contributed by atoms with Crippen LogP contribution in [0.15, 0.2) is 12.1 Å². The Morgan fingerprint density at radius 3 is 1.26 bits per heavy atom. The van der Waals surface area contributed by atoms with Gasteiger partial charge < -0.3 is 52.9 Å². The van der Waals surface area contributed by atoms with Crippen molar-refractivity contribution in [3.63, 3.8) is 0 Å². The van der Waals surface area contributed by atoms with E-state index >= 15 is 0 Å². The van der Waals surface area contributed by atoms with Crippen molar-refractivity contribution >= 4 is 5.97 Å². The van der Waals surface area contributed by atoms with Gasteiger partial charge in [-0.1, -0.05) is 0 Å². The van der Waals surface area contributed by atoms with E-state index in [1.54, 1.807) is 7.11 Å². The zero-order chi connectivity index (χ0) is 25.4. The van der Waals surface area contributed by atoms with Crippen LogP contribution >= 0.6 is 0 Å². The van der Waals surface area contributed by atoms with E-state index in [-0.39, 0.29) is 24.8 Å². The summed E-state index contributed by atoms with van der Waals surface area (Å²) in [6, 6.07) is 2.40. The number of rotatable bonds is 25. The summed E-state index contributed by atoms with van der Waals surface area (Å²) in [6.07, 6.45) is -0.0376. The summed E-state index contributed by atoms with van der Waals surface area (Å²) in [7, 11) is 1.63. The van der Waals surface area contributed by atoms with Gasteiger partial charge in [0, 0.05) is 19.2 Å². The standard InChI is InChI=1S/C22H39NO12/c1-27-6-7-29-10-11-31-14-15-33-18-19-34-17-16-32-13-12-30-9-8-28-5-4-22(26)35-23-20(24)2-3-21(23)25/h2-3,24-25H,4-19H2,1H3. The van der Waals surface area contributed by atoms with Gasteiger partial charge in [0.1, 0.15) is 0 Å². The van der Waals surface area contributed by atoms with Crippen molar-refractivity contribution in [2.45, 2.75) is 6.42 Å². The Morgan fingerprint density at radius 1 is 0.600 bits per heavy atom. The first-order chi connectivity index (χ1) is 17.1. The van der Waals surface area contributed by atoms with Crippen molar-refractivity contribution < 1.29 is 57.7 Å². The first kappa shape index (κ1) is 31.1. The highest BCUT2D eigenvalue weighted by molar-refractivity contribution is 5.70. The SMILES string of the molecule is COCCOCCOCCOCCOCCOCCOCCOCCC(=O)On1c(O)ccc1O. The molecule has 0 aliphatic heterocycles. The van der Waals surface area contributed by atoms with Crippen LogP contribution in [0.1, 0.15) is 6.42 Å². The topological polar surface area (TPSA) is 146 Å². The summed E-state index contributed by atoms with van der Waals surface area (Å²) in [5.41, 5.74) is 0. The molecule has 0 aromatic carbocycles. The van der Waals surface area contributed by atoms with Gasteiger partial charge in [0.2, 0.25) is 11.8 Å². The summed E-state index contributed by atoms with van der Waals surface area (Å²) >= 11 is 0. The Bertz CT molecular complexity index is 608. The molecule has 1 heterocycles. The molecule has 35 heavy (non-hydrogen) atoms. The van der Waals surface area contributed by atoms with Crippen molar-refractivity contribution in [1.29, 1.82) is 0 Å². The Balaban J connectivity index is 1.72. The molecule has 0 saturated heterocycles. The van der Waals surface area contributed by atoms with Crippen LogP contribution in [-0.2, 0) is 42.7 Å². The fourth-order valence-electron chi connectivity index (χ4n) is 2.36. The molecule has 204 valence electrons. The minimum Gasteiger partial charge on any atom is -0.492 e. The lowest BCUT2D eigenvalue weighted by atomic mass is 10.5. The summed E-state index contributed by atoms with van der Waals surface area (Å²) < 4.78 is 43.0. The summed E-state index contributed by atoms with van der Waals surface area (Å²) in [5, 5.41) is 18.8. The van der Waals surface area contributed by atoms with Crippen molar-refractivity contribution in [1.82, 2.24) is 4.73 Å². The predicted molar refractivity (Wildman–Crippen MR) is 122 cm³/mol. The Morgan fingerprint density at radius 2 is 0.914 bits per heavy atom. The molecule has 0 aliphatic rings. The summed E-state index contributed by atoms with van der Waals surface area (Å²) in [4.78, 5) is 16.4. The number of carbonyl (C=O) groups excluding carboxylic acids is 1. The molecule has 1 aromatic rings. The van der Waals surface area contributed by atoms with Crippen LogP contribution in [-0.4, -0.2) is 127 Å². The molecule has 0 amide bonds. The maximum absolute atomic E-state index is 11.6. The minimum atomic E-state index is -0.653. The van der Waals surface area contributed by atoms with Gasteiger partial charge in [0.05, 0.1) is 106 Å². The third kappa shape index (κ3) is 18.0. The first-order valence-corrected chi connectivity index (χ1v) is 11.5. The maximum atomic E-state index is 11.6. The highest BCUT2D eigenvalue weighted by Crippen LogP contribution is 2.18. The number of hydrogen-bond acceptors (Lipinski definition) is 12. The second-order valence-electron chi connectivity index (χ2n) is 6.84. The molecule has 0 aliphatic carbocycles. The van der Waals surface area contributed by atoms with Gasteiger partial charge in [-0.25, -0.2) is 4.79 Å². The largest absolute Gasteiger partial charge is 0.492 e. The Hall–Kier alpha value is -1.97. The van der Waals surface area contributed by atoms with E-state index in [0.29, 0.717) is 97.2 Å². The van der Waals surface area contributed by atoms with E-state index in [1.807, 2.05) is 0 Å². The van der Waals surface area contributed by atoms with Crippen LogP contribution in [0.25, 0.3) is 0 Å². The van der Waals surface area contributed by atoms with Crippen LogP contribution in [0.4, 0.5) is 0 Å². The highest BCUT2D eigenvalue weighted by Gasteiger charge is 2.11. The molecule has 2 N–H and O–H groups in total. The molecule has 0 spiro atoms. The third-order valence-corrected chi connectivity index (χ3v) is 4.11. The molecular weight excluding hydrogens is 470 g/mol. The smallest absolute Gasteiger partial charge is 0.335 e. The lowest BCUT2D eigenvalue weighted by Gasteiger charge is -2.09. The number of carbonyl (C=O) groups is 1. The molecule has 0 saturated carbocycles. The van der Waals surface area contributed by atoms with Gasteiger partial charge in [0.15, 0.2) is 0 Å². The average molecular weight is 510 g/mol. The van der Waals surface area contributed by atoms with Crippen molar-refractivity contribution in [2.24, 2.45) is 0 Å². The Labute approximate surface area is 205 Å². The van der Waals surface area contributed by atoms with E-state index in [4.69, 9.17) is 42.7 Å². The second-order valence-corrected chi connectivity index (χ2v) is 6.84. The predicted octanol–water partition coefficient (Wildman–Crippen LogP) is 0.00720. The number of ether oxygens (including phenoxy) is 8. The van der Waals surface area contributed by atoms with E-state index in [1.165, 1.54) is 12.1 Å². The van der Waals surface area contributed by atoms with Gasteiger partial charge in [-0.3, -0.25) is 0 Å². The number of aromatic hydroxyl groups is 2. The molecule has 0 radical (unpaired) electrons. The number of methoxy groups -OCH3 is 1. The lowest BCUT2D eigenvalue weighted by molar-refractivity contribution is -0.146. The van der Waals surface area contributed by atoms with Gasteiger partial charge >= 0.3 is 5.97 Å². The van der Waals surface area contributed by atoms with Crippen LogP contribution < -0.4 is 4.84 Å². The van der Waals surface area contributed by atoms with Crippen LogP contribution in [0.5, 0.6) is 11.8 Å². The monoisotopic (exact) mass is 509 g/mol. The second kappa shape index (κ2) is 22.5. The maximum Gasteiger partial charge on any atom is 0.335 e. The zero-order valence-corrected chi connectivity index (χ0v) is 20.4. The third-order valence-electron chi connectivity index (χ3n) is 4.11. The molecule has 13 heteroatoms. The lowest BCUT2D eigenvalue weighted by Crippen LogP contribution is -2.20. The molecular formula is C22H39NO12. The van der Waals surface area contributed by atoms with Crippen LogP contribution in [0.2, 0.25) is 0 Å². The van der Waals surface area contributed by atoms with Gasteiger partial charge in [-0.05, 0) is 0 Å². The van der Waals surface area contributed by atoms with Gasteiger partial charge in [0.25, 0.3) is 0 Å². The number of hydrogen-bond donors (Lipinski definition) is 2. The summed E-state index contributed by atoms with van der Waals surface area (Å²) in [5.74, 6) is -1.40. The Kier molecular flexibility index (Phi) is 20.0. The fourth-order valence-corrected chi connectivity index (χ4v) is 2.36. The number of nitrogens with zero attached hydrogens (tertiary/aromatic N) is 1. The first-order valence-electron chi connectivity index (χ1n) is 11.5.